The number of alkyl halides is 1. The van der Waals surface area contributed by atoms with Crippen molar-refractivity contribution in [2.45, 2.75) is 71.7 Å². The lowest BCUT2D eigenvalue weighted by Crippen LogP contribution is -2.37. The fraction of sp³-hybridized carbons (Fsp3) is 0.517. The molecule has 3 aromatic rings. The Hall–Kier alpha value is -3.12. The van der Waals surface area contributed by atoms with Gasteiger partial charge in [0.05, 0.1) is 45.4 Å². The van der Waals surface area contributed by atoms with Crippen molar-refractivity contribution in [2.75, 3.05) is 18.1 Å². The van der Waals surface area contributed by atoms with Crippen molar-refractivity contribution in [3.8, 4) is 11.4 Å². The molecule has 1 unspecified atom stereocenters. The SMILES string of the molecule is CC(F)COc1ccc(F)c(-n2c(=O)n([C@@H](C)C(C)(C)O)c3cc(C(=O)CC4(C)CCS(=O)(=O)CC4)c(F)cc32)c1. The normalized spacial score (nSPS) is 18.3. The molecule has 1 aliphatic rings. The van der Waals surface area contributed by atoms with Crippen LogP contribution in [0.25, 0.3) is 16.7 Å². The average molecular weight is 597 g/mol. The van der Waals surface area contributed by atoms with Crippen LogP contribution < -0.4 is 10.4 Å². The number of aliphatic hydroxyl groups is 1. The molecule has 4 rings (SSSR count). The highest BCUT2D eigenvalue weighted by molar-refractivity contribution is 7.91. The van der Waals surface area contributed by atoms with E-state index in [1.165, 1.54) is 43.5 Å². The Morgan fingerprint density at radius 3 is 2.32 bits per heavy atom. The standard InChI is InChI=1S/C29H35F3N2O6S/c1-17(30)16-40-19-6-7-21(31)23(12-19)34-25-14-22(32)20(13-24(25)33(27(34)36)18(2)28(3,4)37)26(35)15-29(5)8-10-41(38,39)11-9-29/h6-7,12-14,17-18,37H,8-11,15-16H2,1-5H3/t17?,18-/m0/s1. The molecule has 2 aromatic carbocycles. The minimum absolute atomic E-state index is 0.0509. The molecule has 0 aliphatic carbocycles. The Labute approximate surface area is 236 Å². The number of Topliss-reactive ketones (excluding diaryl/α,β-unsaturated/α-hetero) is 1. The van der Waals surface area contributed by atoms with Gasteiger partial charge in [0, 0.05) is 18.6 Å². The molecule has 0 saturated carbocycles. The third-order valence-electron chi connectivity index (χ3n) is 7.93. The van der Waals surface area contributed by atoms with Crippen LogP contribution in [-0.2, 0) is 9.84 Å². The van der Waals surface area contributed by atoms with Crippen LogP contribution in [0.1, 0.15) is 70.3 Å². The van der Waals surface area contributed by atoms with Gasteiger partial charge in [-0.3, -0.25) is 13.9 Å². The van der Waals surface area contributed by atoms with Gasteiger partial charge in [-0.2, -0.15) is 0 Å². The van der Waals surface area contributed by atoms with Crippen LogP contribution in [0.15, 0.2) is 35.1 Å². The second kappa shape index (κ2) is 10.9. The van der Waals surface area contributed by atoms with Gasteiger partial charge in [-0.05, 0) is 64.2 Å². The number of aromatic nitrogens is 2. The summed E-state index contributed by atoms with van der Waals surface area (Å²) >= 11 is 0. The van der Waals surface area contributed by atoms with E-state index in [-0.39, 0.29) is 65.4 Å². The molecule has 0 spiro atoms. The Morgan fingerprint density at radius 1 is 1.10 bits per heavy atom. The number of ether oxygens (including phenoxy) is 1. The van der Waals surface area contributed by atoms with Gasteiger partial charge in [-0.1, -0.05) is 6.92 Å². The maximum Gasteiger partial charge on any atom is 0.334 e. The van der Waals surface area contributed by atoms with Crippen LogP contribution in [0.2, 0.25) is 0 Å². The first-order valence-electron chi connectivity index (χ1n) is 13.4. The zero-order valence-corrected chi connectivity index (χ0v) is 24.5. The average Bonchev–Trinajstić information content (AvgIpc) is 3.14. The van der Waals surface area contributed by atoms with Gasteiger partial charge in [-0.15, -0.1) is 0 Å². The third kappa shape index (κ3) is 6.38. The fourth-order valence-electron chi connectivity index (χ4n) is 5.03. The molecule has 0 bridgehead atoms. The summed E-state index contributed by atoms with van der Waals surface area (Å²) in [6.07, 6.45) is -0.870. The number of sulfone groups is 1. The van der Waals surface area contributed by atoms with Gasteiger partial charge in [0.15, 0.2) is 5.78 Å². The van der Waals surface area contributed by atoms with Gasteiger partial charge in [0.25, 0.3) is 0 Å². The summed E-state index contributed by atoms with van der Waals surface area (Å²) in [5.41, 5.74) is -3.41. The molecule has 12 heteroatoms. The van der Waals surface area contributed by atoms with Crippen LogP contribution in [-0.4, -0.2) is 58.3 Å². The van der Waals surface area contributed by atoms with Crippen molar-refractivity contribution in [2.24, 2.45) is 5.41 Å². The van der Waals surface area contributed by atoms with Crippen LogP contribution >= 0.6 is 0 Å². The summed E-state index contributed by atoms with van der Waals surface area (Å²) in [7, 11) is -3.17. The van der Waals surface area contributed by atoms with Crippen molar-refractivity contribution in [3.05, 3.63) is 58.0 Å². The van der Waals surface area contributed by atoms with Gasteiger partial charge in [0.1, 0.15) is 40.0 Å². The van der Waals surface area contributed by atoms with Crippen LogP contribution in [0.3, 0.4) is 0 Å². The Bertz CT molecular complexity index is 1640. The largest absolute Gasteiger partial charge is 0.490 e. The monoisotopic (exact) mass is 596 g/mol. The number of nitrogens with zero attached hydrogens (tertiary/aromatic N) is 2. The molecule has 0 radical (unpaired) electrons. The molecule has 0 amide bonds. The highest BCUT2D eigenvalue weighted by Gasteiger charge is 2.36. The maximum atomic E-state index is 15.6. The number of ketones is 1. The van der Waals surface area contributed by atoms with Crippen molar-refractivity contribution >= 4 is 26.7 Å². The Morgan fingerprint density at radius 2 is 1.73 bits per heavy atom. The fourth-order valence-corrected chi connectivity index (χ4v) is 6.84. The zero-order valence-electron chi connectivity index (χ0n) is 23.7. The maximum absolute atomic E-state index is 15.6. The Kier molecular flexibility index (Phi) is 8.23. The van der Waals surface area contributed by atoms with Gasteiger partial charge >= 0.3 is 5.69 Å². The molecular weight excluding hydrogens is 561 g/mol. The van der Waals surface area contributed by atoms with E-state index in [2.05, 4.69) is 0 Å². The molecule has 2 heterocycles. The first-order valence-corrected chi connectivity index (χ1v) is 15.2. The van der Waals surface area contributed by atoms with E-state index in [1.54, 1.807) is 13.8 Å². The molecule has 1 saturated heterocycles. The van der Waals surface area contributed by atoms with E-state index >= 15 is 8.78 Å². The van der Waals surface area contributed by atoms with Gasteiger partial charge < -0.3 is 9.84 Å². The molecule has 8 nitrogen and oxygen atoms in total. The number of imidazole rings is 1. The van der Waals surface area contributed by atoms with Crippen molar-refractivity contribution < 1.29 is 36.2 Å². The number of halogens is 3. The van der Waals surface area contributed by atoms with E-state index in [0.29, 0.717) is 0 Å². The smallest absolute Gasteiger partial charge is 0.334 e. The van der Waals surface area contributed by atoms with Crippen LogP contribution in [0.4, 0.5) is 13.2 Å². The lowest BCUT2D eigenvalue weighted by molar-refractivity contribution is 0.0307. The van der Waals surface area contributed by atoms with E-state index in [4.69, 9.17) is 4.74 Å². The first kappa shape index (κ1) is 30.8. The third-order valence-corrected chi connectivity index (χ3v) is 9.58. The van der Waals surface area contributed by atoms with E-state index < -0.39 is 56.2 Å². The lowest BCUT2D eigenvalue weighted by Gasteiger charge is -2.32. The number of carbonyl (C=O) groups excluding carboxylic acids is 1. The molecular formula is C29H35F3N2O6S. The van der Waals surface area contributed by atoms with Crippen molar-refractivity contribution in [1.29, 1.82) is 0 Å². The van der Waals surface area contributed by atoms with E-state index in [1.807, 2.05) is 0 Å². The number of rotatable bonds is 9. The van der Waals surface area contributed by atoms with Gasteiger partial charge in [0.2, 0.25) is 0 Å². The second-order valence-electron chi connectivity index (χ2n) is 11.9. The van der Waals surface area contributed by atoms with Crippen molar-refractivity contribution in [1.82, 2.24) is 9.13 Å². The number of benzene rings is 2. The minimum Gasteiger partial charge on any atom is -0.490 e. The number of carbonyl (C=O) groups is 1. The summed E-state index contributed by atoms with van der Waals surface area (Å²) in [5.74, 6) is -2.34. The molecule has 1 aromatic heterocycles. The molecule has 224 valence electrons. The molecule has 2 atom stereocenters. The summed E-state index contributed by atoms with van der Waals surface area (Å²) in [6, 6.07) is 4.83. The molecule has 1 N–H and O–H groups in total. The van der Waals surface area contributed by atoms with Crippen molar-refractivity contribution in [3.63, 3.8) is 0 Å². The van der Waals surface area contributed by atoms with Gasteiger partial charge in [-0.25, -0.2) is 26.4 Å². The molecule has 41 heavy (non-hydrogen) atoms. The topological polar surface area (TPSA) is 108 Å². The van der Waals surface area contributed by atoms with Crippen LogP contribution in [0.5, 0.6) is 5.75 Å². The summed E-state index contributed by atoms with van der Waals surface area (Å²) in [5, 5.41) is 10.8. The predicted octanol–water partition coefficient (Wildman–Crippen LogP) is 4.93. The number of fused-ring (bicyclic) bond motifs is 1. The van der Waals surface area contributed by atoms with E-state index in [0.717, 1.165) is 16.7 Å². The number of hydrogen-bond acceptors (Lipinski definition) is 6. The van der Waals surface area contributed by atoms with E-state index in [9.17, 15) is 27.5 Å². The molecule has 1 fully saturated rings. The zero-order chi connectivity index (χ0) is 30.5. The lowest BCUT2D eigenvalue weighted by atomic mass is 9.78. The predicted molar refractivity (Wildman–Crippen MR) is 149 cm³/mol. The Balaban J connectivity index is 1.87. The summed E-state index contributed by atoms with van der Waals surface area (Å²) in [6.45, 7) is 7.31. The highest BCUT2D eigenvalue weighted by atomic mass is 32.2. The first-order chi connectivity index (χ1) is 18.9. The summed E-state index contributed by atoms with van der Waals surface area (Å²) < 4.78 is 75.3. The second-order valence-corrected chi connectivity index (χ2v) is 14.2. The molecule has 1 aliphatic heterocycles. The quantitative estimate of drug-likeness (QED) is 0.351. The summed E-state index contributed by atoms with van der Waals surface area (Å²) in [4.78, 5) is 27.2. The number of hydrogen-bond donors (Lipinski definition) is 1. The minimum atomic E-state index is -3.17. The van der Waals surface area contributed by atoms with Crippen LogP contribution in [0, 0.1) is 17.0 Å². The highest BCUT2D eigenvalue weighted by Crippen LogP contribution is 2.37.